The zero-order valence-electron chi connectivity index (χ0n) is 8.65. The average molecular weight is 200 g/mol. The van der Waals surface area contributed by atoms with Gasteiger partial charge in [-0.3, -0.25) is 0 Å². The van der Waals surface area contributed by atoms with E-state index in [9.17, 15) is 5.11 Å². The van der Waals surface area contributed by atoms with Crippen LogP contribution < -0.4 is 9.47 Å². The van der Waals surface area contributed by atoms with E-state index in [1.165, 1.54) is 14.2 Å². The molecule has 0 aromatic heterocycles. The van der Waals surface area contributed by atoms with Crippen LogP contribution in [0, 0.1) is 0 Å². The molecule has 1 rings (SSSR count). The second kappa shape index (κ2) is 7.03. The molecule has 0 atom stereocenters. The minimum Gasteiger partial charge on any atom is -0.502 e. The first-order chi connectivity index (χ1) is 6.71. The van der Waals surface area contributed by atoms with Crippen LogP contribution in [0.25, 0.3) is 0 Å². The molecule has 2 N–H and O–H groups in total. The van der Waals surface area contributed by atoms with Gasteiger partial charge in [0.15, 0.2) is 11.5 Å². The van der Waals surface area contributed by atoms with E-state index in [0.717, 1.165) is 0 Å². The summed E-state index contributed by atoms with van der Waals surface area (Å²) in [5.41, 5.74) is 0. The molecule has 1 aromatic carbocycles. The van der Waals surface area contributed by atoms with Gasteiger partial charge >= 0.3 is 0 Å². The van der Waals surface area contributed by atoms with Crippen LogP contribution in [0.15, 0.2) is 18.2 Å². The number of ether oxygens (including phenoxy) is 2. The van der Waals surface area contributed by atoms with Gasteiger partial charge in [-0.1, -0.05) is 6.07 Å². The van der Waals surface area contributed by atoms with Crippen molar-refractivity contribution >= 4 is 0 Å². The second-order valence-electron chi connectivity index (χ2n) is 2.33. The molecule has 0 fully saturated rings. The van der Waals surface area contributed by atoms with Crippen molar-refractivity contribution in [3.63, 3.8) is 0 Å². The number of aliphatic hydroxyl groups excluding tert-OH is 1. The molecule has 0 saturated carbocycles. The first-order valence-corrected chi connectivity index (χ1v) is 4.22. The van der Waals surface area contributed by atoms with E-state index in [1.807, 2.05) is 0 Å². The van der Waals surface area contributed by atoms with Crippen LogP contribution in [0.5, 0.6) is 17.2 Å². The number of methoxy groups -OCH3 is 2. The molecule has 0 radical (unpaired) electrons. The number of aromatic hydroxyl groups is 1. The molecule has 0 bridgehead atoms. The summed E-state index contributed by atoms with van der Waals surface area (Å²) in [5, 5.41) is 16.9. The van der Waals surface area contributed by atoms with Crippen molar-refractivity contribution in [1.29, 1.82) is 0 Å². The summed E-state index contributed by atoms with van der Waals surface area (Å²) in [6.07, 6.45) is 0. The van der Waals surface area contributed by atoms with Crippen molar-refractivity contribution in [2.45, 2.75) is 6.92 Å². The maximum Gasteiger partial charge on any atom is 0.200 e. The van der Waals surface area contributed by atoms with Crippen LogP contribution in [0.2, 0.25) is 0 Å². The fourth-order valence-corrected chi connectivity index (χ4v) is 0.832. The predicted octanol–water partition coefficient (Wildman–Crippen LogP) is 1.41. The summed E-state index contributed by atoms with van der Waals surface area (Å²) in [4.78, 5) is 0. The molecule has 0 aliphatic heterocycles. The van der Waals surface area contributed by atoms with Crippen LogP contribution in [-0.4, -0.2) is 31.0 Å². The first kappa shape index (κ1) is 12.6. The van der Waals surface area contributed by atoms with E-state index in [1.54, 1.807) is 25.1 Å². The van der Waals surface area contributed by atoms with Crippen molar-refractivity contribution < 1.29 is 19.7 Å². The lowest BCUT2D eigenvalue weighted by Gasteiger charge is -2.06. The summed E-state index contributed by atoms with van der Waals surface area (Å²) in [7, 11) is 2.99. The summed E-state index contributed by atoms with van der Waals surface area (Å²) in [6.45, 7) is 1.93. The topological polar surface area (TPSA) is 58.9 Å². The lowest BCUT2D eigenvalue weighted by molar-refractivity contribution is 0.318. The van der Waals surface area contributed by atoms with Crippen LogP contribution in [0.1, 0.15) is 6.92 Å². The van der Waals surface area contributed by atoms with E-state index in [2.05, 4.69) is 0 Å². The van der Waals surface area contributed by atoms with Crippen molar-refractivity contribution in [2.24, 2.45) is 0 Å². The maximum atomic E-state index is 9.34. The molecule has 4 heteroatoms. The smallest absolute Gasteiger partial charge is 0.200 e. The molecular weight excluding hydrogens is 184 g/mol. The molecule has 0 aliphatic carbocycles. The van der Waals surface area contributed by atoms with Gasteiger partial charge in [0.2, 0.25) is 5.75 Å². The standard InChI is InChI=1S/C8H10O3.C2H6O/c1-10-6-4-3-5-7(11-2)8(6)9;1-2-3/h3-5,9H,1-2H3;3H,2H2,1H3. The van der Waals surface area contributed by atoms with Crippen molar-refractivity contribution in [3.05, 3.63) is 18.2 Å². The van der Waals surface area contributed by atoms with Gasteiger partial charge in [-0.05, 0) is 19.1 Å². The number of rotatable bonds is 2. The Labute approximate surface area is 83.7 Å². The van der Waals surface area contributed by atoms with Gasteiger partial charge in [0, 0.05) is 6.61 Å². The lowest BCUT2D eigenvalue weighted by atomic mass is 10.3. The number of aliphatic hydroxyl groups is 1. The average Bonchev–Trinajstić information content (AvgIpc) is 2.19. The van der Waals surface area contributed by atoms with Gasteiger partial charge in [-0.15, -0.1) is 0 Å². The van der Waals surface area contributed by atoms with Gasteiger partial charge in [-0.25, -0.2) is 0 Å². The highest BCUT2D eigenvalue weighted by Gasteiger charge is 2.05. The van der Waals surface area contributed by atoms with E-state index < -0.39 is 0 Å². The highest BCUT2D eigenvalue weighted by atomic mass is 16.5. The SMILES string of the molecule is CCO.COc1cccc(OC)c1O. The van der Waals surface area contributed by atoms with Gasteiger partial charge in [-0.2, -0.15) is 0 Å². The summed E-state index contributed by atoms with van der Waals surface area (Å²) in [5.74, 6) is 0.881. The van der Waals surface area contributed by atoms with Crippen LogP contribution in [-0.2, 0) is 0 Å². The largest absolute Gasteiger partial charge is 0.502 e. The Morgan fingerprint density at radius 1 is 1.14 bits per heavy atom. The third-order valence-corrected chi connectivity index (χ3v) is 1.40. The number of hydrogen-bond acceptors (Lipinski definition) is 4. The van der Waals surface area contributed by atoms with Gasteiger partial charge < -0.3 is 19.7 Å². The number of para-hydroxylation sites is 1. The van der Waals surface area contributed by atoms with E-state index in [4.69, 9.17) is 14.6 Å². The Kier molecular flexibility index (Phi) is 6.32. The predicted molar refractivity (Wildman–Crippen MR) is 54.0 cm³/mol. The first-order valence-electron chi connectivity index (χ1n) is 4.22. The molecule has 0 heterocycles. The molecular formula is C10H16O4. The molecule has 80 valence electrons. The van der Waals surface area contributed by atoms with Crippen molar-refractivity contribution in [2.75, 3.05) is 20.8 Å². The monoisotopic (exact) mass is 200 g/mol. The molecule has 0 spiro atoms. The quantitative estimate of drug-likeness (QED) is 0.757. The van der Waals surface area contributed by atoms with Gasteiger partial charge in [0.25, 0.3) is 0 Å². The Balaban J connectivity index is 0.000000500. The summed E-state index contributed by atoms with van der Waals surface area (Å²) in [6, 6.07) is 5.08. The number of benzene rings is 1. The highest BCUT2D eigenvalue weighted by molar-refractivity contribution is 5.49. The fourth-order valence-electron chi connectivity index (χ4n) is 0.832. The molecule has 14 heavy (non-hydrogen) atoms. The molecule has 4 nitrogen and oxygen atoms in total. The highest BCUT2D eigenvalue weighted by Crippen LogP contribution is 2.34. The molecule has 0 amide bonds. The van der Waals surface area contributed by atoms with Crippen LogP contribution in [0.3, 0.4) is 0 Å². The molecule has 1 aromatic rings. The van der Waals surface area contributed by atoms with E-state index in [-0.39, 0.29) is 12.4 Å². The summed E-state index contributed by atoms with van der Waals surface area (Å²) >= 11 is 0. The Morgan fingerprint density at radius 2 is 1.50 bits per heavy atom. The third kappa shape index (κ3) is 3.53. The summed E-state index contributed by atoms with van der Waals surface area (Å²) < 4.78 is 9.71. The number of hydrogen-bond donors (Lipinski definition) is 2. The zero-order valence-corrected chi connectivity index (χ0v) is 8.65. The Bertz CT molecular complexity index is 238. The van der Waals surface area contributed by atoms with Gasteiger partial charge in [0.05, 0.1) is 14.2 Å². The lowest BCUT2D eigenvalue weighted by Crippen LogP contribution is -1.87. The minimum absolute atomic E-state index is 0.0394. The zero-order chi connectivity index (χ0) is 11.0. The van der Waals surface area contributed by atoms with Crippen LogP contribution >= 0.6 is 0 Å². The molecule has 0 aliphatic rings. The maximum absolute atomic E-state index is 9.34. The van der Waals surface area contributed by atoms with E-state index in [0.29, 0.717) is 11.5 Å². The molecule has 0 unspecified atom stereocenters. The normalized spacial score (nSPS) is 8.57. The minimum atomic E-state index is 0.0394. The van der Waals surface area contributed by atoms with Crippen molar-refractivity contribution in [3.8, 4) is 17.2 Å². The third-order valence-electron chi connectivity index (χ3n) is 1.40. The van der Waals surface area contributed by atoms with E-state index >= 15 is 0 Å². The van der Waals surface area contributed by atoms with Gasteiger partial charge in [0.1, 0.15) is 0 Å². The fraction of sp³-hybridized carbons (Fsp3) is 0.400. The second-order valence-corrected chi connectivity index (χ2v) is 2.33. The number of phenols is 1. The Hall–Kier alpha value is -1.42. The molecule has 0 saturated heterocycles. The Morgan fingerprint density at radius 3 is 1.79 bits per heavy atom. The van der Waals surface area contributed by atoms with Crippen LogP contribution in [0.4, 0.5) is 0 Å². The number of phenolic OH excluding ortho intramolecular Hbond substituents is 1. The van der Waals surface area contributed by atoms with Crippen molar-refractivity contribution in [1.82, 2.24) is 0 Å².